The van der Waals surface area contributed by atoms with Crippen molar-refractivity contribution in [3.05, 3.63) is 47.4 Å². The smallest absolute Gasteiger partial charge is 0.244 e. The van der Waals surface area contributed by atoms with E-state index in [4.69, 9.17) is 4.52 Å². The Hall–Kier alpha value is -2.48. The molecular weight excluding hydrogens is 330 g/mol. The van der Waals surface area contributed by atoms with Crippen LogP contribution >= 0.6 is 0 Å². The van der Waals surface area contributed by atoms with Crippen LogP contribution in [0.25, 0.3) is 0 Å². The Bertz CT molecular complexity index is 878. The summed E-state index contributed by atoms with van der Waals surface area (Å²) in [4.78, 5) is 7.06. The van der Waals surface area contributed by atoms with Crippen molar-refractivity contribution in [3.63, 3.8) is 0 Å². The highest BCUT2D eigenvalue weighted by Crippen LogP contribution is 2.33. The number of rotatable bonds is 5. The molecule has 0 spiro atoms. The van der Waals surface area contributed by atoms with Gasteiger partial charge in [-0.15, -0.1) is 10.2 Å². The summed E-state index contributed by atoms with van der Waals surface area (Å²) in [7, 11) is 0. The van der Waals surface area contributed by atoms with E-state index >= 15 is 0 Å². The van der Waals surface area contributed by atoms with Crippen LogP contribution < -0.4 is 0 Å². The van der Waals surface area contributed by atoms with Crippen molar-refractivity contribution in [1.29, 1.82) is 0 Å². The van der Waals surface area contributed by atoms with Gasteiger partial charge in [0, 0.05) is 23.9 Å². The molecule has 0 aromatic carbocycles. The standard InChI is InChI=1S/C18H25N7O/c1-12(2)17-21-18(26-22-17)16-6-5-7-23(16)9-15-8-13(3)25(14(15)4)24-10-19-20-11-24/h8,10-12,16H,5-7,9H2,1-4H3/t16-/m0/s1. The average molecular weight is 355 g/mol. The van der Waals surface area contributed by atoms with Gasteiger partial charge in [0.05, 0.1) is 6.04 Å². The van der Waals surface area contributed by atoms with E-state index in [1.165, 1.54) is 11.3 Å². The number of aromatic nitrogens is 6. The molecule has 1 saturated heterocycles. The van der Waals surface area contributed by atoms with Crippen LogP contribution in [-0.2, 0) is 6.54 Å². The molecule has 0 radical (unpaired) electrons. The molecular formula is C18H25N7O. The number of nitrogens with zero attached hydrogens (tertiary/aromatic N) is 7. The third-order valence-corrected chi connectivity index (χ3v) is 5.13. The lowest BCUT2D eigenvalue weighted by Crippen LogP contribution is -2.23. The lowest BCUT2D eigenvalue weighted by molar-refractivity contribution is 0.200. The van der Waals surface area contributed by atoms with E-state index in [0.29, 0.717) is 0 Å². The van der Waals surface area contributed by atoms with Crippen LogP contribution in [0.4, 0.5) is 0 Å². The highest BCUT2D eigenvalue weighted by molar-refractivity contribution is 5.27. The zero-order valence-corrected chi connectivity index (χ0v) is 15.8. The first-order valence-corrected chi connectivity index (χ1v) is 9.15. The highest BCUT2D eigenvalue weighted by Gasteiger charge is 2.31. The first kappa shape index (κ1) is 17.0. The SMILES string of the molecule is Cc1cc(CN2CCC[C@H]2c2nc(C(C)C)no2)c(C)n1-n1cnnc1. The normalized spacial score (nSPS) is 18.3. The Morgan fingerprint density at radius 1 is 1.23 bits per heavy atom. The van der Waals surface area contributed by atoms with E-state index in [1.54, 1.807) is 12.7 Å². The fraction of sp³-hybridized carbons (Fsp3) is 0.556. The molecule has 4 rings (SSSR count). The van der Waals surface area contributed by atoms with E-state index in [1.807, 2.05) is 4.68 Å². The maximum Gasteiger partial charge on any atom is 0.244 e. The number of likely N-dealkylation sites (tertiary alicyclic amines) is 1. The minimum atomic E-state index is 0.202. The lowest BCUT2D eigenvalue weighted by Gasteiger charge is -2.21. The van der Waals surface area contributed by atoms with Gasteiger partial charge in [0.15, 0.2) is 5.82 Å². The molecule has 3 aromatic heterocycles. The Kier molecular flexibility index (Phi) is 4.36. The van der Waals surface area contributed by atoms with Crippen molar-refractivity contribution < 1.29 is 4.52 Å². The highest BCUT2D eigenvalue weighted by atomic mass is 16.5. The van der Waals surface area contributed by atoms with Crippen LogP contribution in [0.5, 0.6) is 0 Å². The largest absolute Gasteiger partial charge is 0.338 e. The predicted octanol–water partition coefficient (Wildman–Crippen LogP) is 2.85. The molecule has 8 nitrogen and oxygen atoms in total. The molecule has 0 unspecified atom stereocenters. The fourth-order valence-corrected chi connectivity index (χ4v) is 3.76. The van der Waals surface area contributed by atoms with Crippen molar-refractivity contribution in [2.75, 3.05) is 6.54 Å². The van der Waals surface area contributed by atoms with Gasteiger partial charge < -0.3 is 4.52 Å². The molecule has 0 bridgehead atoms. The minimum absolute atomic E-state index is 0.202. The van der Waals surface area contributed by atoms with Gasteiger partial charge >= 0.3 is 0 Å². The second-order valence-electron chi connectivity index (χ2n) is 7.32. The molecule has 1 aliphatic rings. The maximum absolute atomic E-state index is 5.57. The Labute approximate surface area is 152 Å². The first-order valence-electron chi connectivity index (χ1n) is 9.15. The molecule has 1 fully saturated rings. The summed E-state index contributed by atoms with van der Waals surface area (Å²) < 4.78 is 9.60. The molecule has 138 valence electrons. The van der Waals surface area contributed by atoms with Crippen molar-refractivity contribution in [2.45, 2.75) is 59.0 Å². The van der Waals surface area contributed by atoms with Crippen LogP contribution in [0, 0.1) is 13.8 Å². The molecule has 1 aliphatic heterocycles. The third-order valence-electron chi connectivity index (χ3n) is 5.13. The topological polar surface area (TPSA) is 77.8 Å². The van der Waals surface area contributed by atoms with E-state index < -0.39 is 0 Å². The summed E-state index contributed by atoms with van der Waals surface area (Å²) in [6.45, 7) is 10.3. The zero-order chi connectivity index (χ0) is 18.3. The van der Waals surface area contributed by atoms with Crippen molar-refractivity contribution in [1.82, 2.24) is 34.6 Å². The average Bonchev–Trinajstić information content (AvgIpc) is 3.36. The van der Waals surface area contributed by atoms with E-state index in [2.05, 4.69) is 63.7 Å². The van der Waals surface area contributed by atoms with Gasteiger partial charge in [0.2, 0.25) is 5.89 Å². The summed E-state index contributed by atoms with van der Waals surface area (Å²) >= 11 is 0. The van der Waals surface area contributed by atoms with Crippen molar-refractivity contribution in [2.24, 2.45) is 0 Å². The van der Waals surface area contributed by atoms with Gasteiger partial charge in [-0.2, -0.15) is 4.98 Å². The van der Waals surface area contributed by atoms with Gasteiger partial charge in [-0.05, 0) is 44.9 Å². The summed E-state index contributed by atoms with van der Waals surface area (Å²) in [5.41, 5.74) is 3.65. The van der Waals surface area contributed by atoms with Gasteiger partial charge in [-0.3, -0.25) is 9.58 Å². The van der Waals surface area contributed by atoms with Crippen LogP contribution in [0.2, 0.25) is 0 Å². The Balaban J connectivity index is 1.57. The zero-order valence-electron chi connectivity index (χ0n) is 15.8. The second kappa shape index (κ2) is 6.68. The first-order chi connectivity index (χ1) is 12.5. The van der Waals surface area contributed by atoms with Gasteiger partial charge in [-0.25, -0.2) is 4.68 Å². The number of hydrogen-bond acceptors (Lipinski definition) is 6. The van der Waals surface area contributed by atoms with Crippen LogP contribution in [0.3, 0.4) is 0 Å². The molecule has 0 amide bonds. The maximum atomic E-state index is 5.57. The molecule has 4 heterocycles. The van der Waals surface area contributed by atoms with Crippen LogP contribution in [0.15, 0.2) is 23.2 Å². The second-order valence-corrected chi connectivity index (χ2v) is 7.32. The molecule has 26 heavy (non-hydrogen) atoms. The summed E-state index contributed by atoms with van der Waals surface area (Å²) in [6.07, 6.45) is 5.64. The minimum Gasteiger partial charge on any atom is -0.338 e. The van der Waals surface area contributed by atoms with Gasteiger partial charge in [0.1, 0.15) is 12.7 Å². The molecule has 8 heteroatoms. The Morgan fingerprint density at radius 2 is 2.00 bits per heavy atom. The molecule has 0 saturated carbocycles. The van der Waals surface area contributed by atoms with E-state index in [-0.39, 0.29) is 12.0 Å². The third kappa shape index (κ3) is 2.94. The van der Waals surface area contributed by atoms with Gasteiger partial charge in [-0.1, -0.05) is 19.0 Å². The van der Waals surface area contributed by atoms with Crippen LogP contribution in [0.1, 0.15) is 67.3 Å². The molecule has 0 N–H and O–H groups in total. The predicted molar refractivity (Wildman–Crippen MR) is 95.5 cm³/mol. The molecule has 1 atom stereocenters. The van der Waals surface area contributed by atoms with Crippen molar-refractivity contribution in [3.8, 4) is 0 Å². The van der Waals surface area contributed by atoms with E-state index in [9.17, 15) is 0 Å². The number of hydrogen-bond donors (Lipinski definition) is 0. The van der Waals surface area contributed by atoms with Crippen molar-refractivity contribution >= 4 is 0 Å². The molecule has 3 aromatic rings. The quantitative estimate of drug-likeness (QED) is 0.700. The summed E-state index contributed by atoms with van der Waals surface area (Å²) in [5, 5.41) is 12.0. The summed E-state index contributed by atoms with van der Waals surface area (Å²) in [5.74, 6) is 1.82. The van der Waals surface area contributed by atoms with Gasteiger partial charge in [0.25, 0.3) is 0 Å². The monoisotopic (exact) mass is 355 g/mol. The molecule has 0 aliphatic carbocycles. The fourth-order valence-electron chi connectivity index (χ4n) is 3.76. The summed E-state index contributed by atoms with van der Waals surface area (Å²) in [6, 6.07) is 2.44. The van der Waals surface area contributed by atoms with E-state index in [0.717, 1.165) is 43.3 Å². The lowest BCUT2D eigenvalue weighted by atomic mass is 10.2. The van der Waals surface area contributed by atoms with Crippen LogP contribution in [-0.4, -0.2) is 41.1 Å². The Morgan fingerprint density at radius 3 is 2.69 bits per heavy atom. The number of aryl methyl sites for hydroxylation is 1.